The fourth-order valence-electron chi connectivity index (χ4n) is 3.27. The van der Waals surface area contributed by atoms with E-state index in [1.807, 2.05) is 24.4 Å². The molecule has 0 aliphatic heterocycles. The Balaban J connectivity index is 1.98. The summed E-state index contributed by atoms with van der Waals surface area (Å²) < 4.78 is 2.39. The summed E-state index contributed by atoms with van der Waals surface area (Å²) in [5.41, 5.74) is 3.44. The molecule has 0 aliphatic carbocycles. The predicted molar refractivity (Wildman–Crippen MR) is 105 cm³/mol. The Kier molecular flexibility index (Phi) is 3.09. The van der Waals surface area contributed by atoms with E-state index in [1.54, 1.807) is 11.3 Å². The minimum Gasteiger partial charge on any atom is -0.256 e. The number of hydrogen-bond acceptors (Lipinski definition) is 2. The van der Waals surface area contributed by atoms with Crippen molar-refractivity contribution in [3.8, 4) is 11.1 Å². The van der Waals surface area contributed by atoms with Gasteiger partial charge in [0.15, 0.2) is 0 Å². The second kappa shape index (κ2) is 5.30. The first-order valence-corrected chi connectivity index (χ1v) is 8.95. The van der Waals surface area contributed by atoms with Crippen LogP contribution < -0.4 is 0 Å². The third-order valence-corrected chi connectivity index (χ3v) is 5.99. The molecule has 3 heteroatoms. The first-order chi connectivity index (χ1) is 11.8. The molecule has 0 spiro atoms. The van der Waals surface area contributed by atoms with E-state index in [-0.39, 0.29) is 0 Å². The van der Waals surface area contributed by atoms with Crippen LogP contribution in [0.1, 0.15) is 0 Å². The average molecular weight is 346 g/mol. The Morgan fingerprint density at radius 2 is 1.75 bits per heavy atom. The van der Waals surface area contributed by atoms with Crippen LogP contribution in [0.5, 0.6) is 0 Å². The SMILES string of the molecule is Clc1ccc(-c2ccccc2)c2c1sc1cc3cccnc3cc12. The fraction of sp³-hybridized carbons (Fsp3) is 0. The highest BCUT2D eigenvalue weighted by molar-refractivity contribution is 7.26. The molecule has 2 heterocycles. The van der Waals surface area contributed by atoms with Crippen LogP contribution in [0.15, 0.2) is 72.9 Å². The van der Waals surface area contributed by atoms with Crippen LogP contribution in [0.25, 0.3) is 42.2 Å². The number of hydrogen-bond donors (Lipinski definition) is 0. The molecule has 5 rings (SSSR count). The average Bonchev–Trinajstić information content (AvgIpc) is 3.00. The molecule has 2 aromatic heterocycles. The van der Waals surface area contributed by atoms with Gasteiger partial charge in [0.2, 0.25) is 0 Å². The van der Waals surface area contributed by atoms with Gasteiger partial charge in [-0.15, -0.1) is 11.3 Å². The summed E-state index contributed by atoms with van der Waals surface area (Å²) in [4.78, 5) is 4.51. The Morgan fingerprint density at radius 1 is 0.875 bits per heavy atom. The Bertz CT molecular complexity index is 1210. The van der Waals surface area contributed by atoms with Crippen LogP contribution >= 0.6 is 22.9 Å². The van der Waals surface area contributed by atoms with Crippen LogP contribution in [-0.2, 0) is 0 Å². The topological polar surface area (TPSA) is 12.9 Å². The molecule has 0 amide bonds. The van der Waals surface area contributed by atoms with Crippen LogP contribution in [-0.4, -0.2) is 4.98 Å². The van der Waals surface area contributed by atoms with E-state index in [1.165, 1.54) is 26.6 Å². The highest BCUT2D eigenvalue weighted by Crippen LogP contribution is 2.44. The molecule has 0 aliphatic rings. The van der Waals surface area contributed by atoms with Crippen molar-refractivity contribution in [2.45, 2.75) is 0 Å². The number of fused-ring (bicyclic) bond motifs is 4. The molecule has 0 fully saturated rings. The molecule has 0 saturated carbocycles. The number of halogens is 1. The summed E-state index contributed by atoms with van der Waals surface area (Å²) >= 11 is 8.27. The van der Waals surface area contributed by atoms with Crippen molar-refractivity contribution in [3.63, 3.8) is 0 Å². The highest BCUT2D eigenvalue weighted by Gasteiger charge is 2.14. The Labute approximate surface area is 148 Å². The molecule has 0 bridgehead atoms. The van der Waals surface area contributed by atoms with E-state index in [0.717, 1.165) is 20.6 Å². The van der Waals surface area contributed by atoms with Gasteiger partial charge in [-0.1, -0.05) is 54.1 Å². The zero-order chi connectivity index (χ0) is 16.1. The maximum atomic E-state index is 6.51. The smallest absolute Gasteiger partial charge is 0.0709 e. The molecule has 5 aromatic rings. The summed E-state index contributed by atoms with van der Waals surface area (Å²) in [6.07, 6.45) is 1.84. The largest absolute Gasteiger partial charge is 0.256 e. The second-order valence-corrected chi connectivity index (χ2v) is 7.27. The van der Waals surface area contributed by atoms with Crippen molar-refractivity contribution < 1.29 is 0 Å². The number of aromatic nitrogens is 1. The van der Waals surface area contributed by atoms with E-state index < -0.39 is 0 Å². The van der Waals surface area contributed by atoms with Crippen LogP contribution in [0.3, 0.4) is 0 Å². The first kappa shape index (κ1) is 14.0. The fourth-order valence-corrected chi connectivity index (χ4v) is 4.71. The number of nitrogens with zero attached hydrogens (tertiary/aromatic N) is 1. The van der Waals surface area contributed by atoms with Gasteiger partial charge in [-0.25, -0.2) is 0 Å². The lowest BCUT2D eigenvalue weighted by molar-refractivity contribution is 1.42. The van der Waals surface area contributed by atoms with Gasteiger partial charge in [0.1, 0.15) is 0 Å². The van der Waals surface area contributed by atoms with Crippen molar-refractivity contribution in [1.82, 2.24) is 4.98 Å². The number of pyridine rings is 1. The van der Waals surface area contributed by atoms with Gasteiger partial charge < -0.3 is 0 Å². The summed E-state index contributed by atoms with van der Waals surface area (Å²) in [6.45, 7) is 0. The maximum absolute atomic E-state index is 6.51. The number of thiophene rings is 1. The van der Waals surface area contributed by atoms with E-state index in [4.69, 9.17) is 11.6 Å². The zero-order valence-electron chi connectivity index (χ0n) is 12.7. The molecule has 114 valence electrons. The van der Waals surface area contributed by atoms with E-state index in [2.05, 4.69) is 53.5 Å². The quantitative estimate of drug-likeness (QED) is 0.321. The monoisotopic (exact) mass is 345 g/mol. The van der Waals surface area contributed by atoms with Gasteiger partial charge in [-0.2, -0.15) is 0 Å². The third kappa shape index (κ3) is 2.04. The molecule has 24 heavy (non-hydrogen) atoms. The van der Waals surface area contributed by atoms with E-state index in [9.17, 15) is 0 Å². The van der Waals surface area contributed by atoms with Gasteiger partial charge in [0, 0.05) is 27.1 Å². The van der Waals surface area contributed by atoms with Crippen LogP contribution in [0.4, 0.5) is 0 Å². The van der Waals surface area contributed by atoms with E-state index in [0.29, 0.717) is 0 Å². The van der Waals surface area contributed by atoms with Gasteiger partial charge in [0.05, 0.1) is 15.2 Å². The van der Waals surface area contributed by atoms with Gasteiger partial charge in [-0.3, -0.25) is 4.98 Å². The normalized spacial score (nSPS) is 11.5. The highest BCUT2D eigenvalue weighted by atomic mass is 35.5. The van der Waals surface area contributed by atoms with Crippen molar-refractivity contribution in [2.75, 3.05) is 0 Å². The lowest BCUT2D eigenvalue weighted by Crippen LogP contribution is -1.81. The standard InChI is InChI=1S/C21H12ClNS/c22-17-9-8-15(13-5-2-1-3-6-13)20-16-12-18-14(7-4-10-23-18)11-19(16)24-21(17)20/h1-12H. The molecule has 0 radical (unpaired) electrons. The van der Waals surface area contributed by atoms with Crippen molar-refractivity contribution >= 4 is 54.0 Å². The van der Waals surface area contributed by atoms with Gasteiger partial charge in [0.25, 0.3) is 0 Å². The van der Waals surface area contributed by atoms with Crippen molar-refractivity contribution in [2.24, 2.45) is 0 Å². The Hall–Kier alpha value is -2.42. The van der Waals surface area contributed by atoms with Crippen LogP contribution in [0, 0.1) is 0 Å². The molecule has 0 saturated heterocycles. The minimum absolute atomic E-state index is 0.808. The van der Waals surface area contributed by atoms with Crippen molar-refractivity contribution in [1.29, 1.82) is 0 Å². The Morgan fingerprint density at radius 3 is 2.62 bits per heavy atom. The summed E-state index contributed by atoms with van der Waals surface area (Å²) in [5, 5.41) is 4.42. The van der Waals surface area contributed by atoms with Gasteiger partial charge in [-0.05, 0) is 35.4 Å². The first-order valence-electron chi connectivity index (χ1n) is 7.76. The summed E-state index contributed by atoms with van der Waals surface area (Å²) in [6, 6.07) is 23.1. The second-order valence-electron chi connectivity index (χ2n) is 5.81. The lowest BCUT2D eigenvalue weighted by Gasteiger charge is -2.06. The molecule has 0 N–H and O–H groups in total. The number of rotatable bonds is 1. The predicted octanol–water partition coefficient (Wildman–Crippen LogP) is 6.92. The van der Waals surface area contributed by atoms with Gasteiger partial charge >= 0.3 is 0 Å². The minimum atomic E-state index is 0.808. The zero-order valence-corrected chi connectivity index (χ0v) is 14.2. The molecular formula is C21H12ClNS. The summed E-state index contributed by atoms with van der Waals surface area (Å²) in [5.74, 6) is 0. The molecule has 0 atom stereocenters. The molecule has 1 nitrogen and oxygen atoms in total. The molecular weight excluding hydrogens is 334 g/mol. The third-order valence-electron chi connectivity index (χ3n) is 4.38. The van der Waals surface area contributed by atoms with Crippen LogP contribution in [0.2, 0.25) is 5.02 Å². The molecule has 0 unspecified atom stereocenters. The number of benzene rings is 3. The van der Waals surface area contributed by atoms with Crippen molar-refractivity contribution in [3.05, 3.63) is 77.9 Å². The maximum Gasteiger partial charge on any atom is 0.0709 e. The summed E-state index contributed by atoms with van der Waals surface area (Å²) in [7, 11) is 0. The molecule has 3 aromatic carbocycles. The lowest BCUT2D eigenvalue weighted by atomic mass is 9.99. The van der Waals surface area contributed by atoms with E-state index >= 15 is 0 Å².